The highest BCUT2D eigenvalue weighted by Crippen LogP contribution is 2.34. The Morgan fingerprint density at radius 2 is 2.11 bits per heavy atom. The molecular weight excluding hydrogens is 240 g/mol. The third-order valence-electron chi connectivity index (χ3n) is 3.42. The van der Waals surface area contributed by atoms with E-state index in [9.17, 15) is 4.79 Å². The molecule has 1 atom stereocenters. The van der Waals surface area contributed by atoms with Gasteiger partial charge in [0.25, 0.3) is 5.91 Å². The molecule has 0 radical (unpaired) electrons. The molecule has 1 aromatic carbocycles. The summed E-state index contributed by atoms with van der Waals surface area (Å²) in [5.74, 6) is 0.758. The zero-order valence-corrected chi connectivity index (χ0v) is 12.1. The highest BCUT2D eigenvalue weighted by atomic mass is 16.5. The van der Waals surface area contributed by atoms with Crippen molar-refractivity contribution in [3.05, 3.63) is 23.8 Å². The standard InChI is InChI=1S/C15H22N2O2/c1-10-14(18)17(4)12-9-11(5-6-13(12)19-10)7-8-15(2,3)16/h5-6,9-10H,7-8,16H2,1-4H3. The zero-order chi connectivity index (χ0) is 14.2. The van der Waals surface area contributed by atoms with Crippen molar-refractivity contribution in [1.82, 2.24) is 0 Å². The minimum Gasteiger partial charge on any atom is -0.479 e. The second-order valence-corrected chi connectivity index (χ2v) is 5.95. The lowest BCUT2D eigenvalue weighted by Crippen LogP contribution is -2.42. The number of ether oxygens (including phenoxy) is 1. The minimum absolute atomic E-state index is 0.0104. The molecule has 0 bridgehead atoms. The second-order valence-electron chi connectivity index (χ2n) is 5.95. The van der Waals surface area contributed by atoms with Crippen LogP contribution in [0.4, 0.5) is 5.69 Å². The number of benzene rings is 1. The third kappa shape index (κ3) is 3.07. The molecule has 1 unspecified atom stereocenters. The largest absolute Gasteiger partial charge is 0.479 e. The van der Waals surface area contributed by atoms with Crippen LogP contribution in [0.3, 0.4) is 0 Å². The molecule has 4 heteroatoms. The van der Waals surface area contributed by atoms with E-state index >= 15 is 0 Å². The maximum absolute atomic E-state index is 11.9. The van der Waals surface area contributed by atoms with Crippen molar-refractivity contribution in [2.24, 2.45) is 5.73 Å². The first-order valence-corrected chi connectivity index (χ1v) is 6.64. The number of anilines is 1. The van der Waals surface area contributed by atoms with Gasteiger partial charge in [-0.25, -0.2) is 0 Å². The molecule has 2 N–H and O–H groups in total. The van der Waals surface area contributed by atoms with Gasteiger partial charge in [-0.2, -0.15) is 0 Å². The monoisotopic (exact) mass is 262 g/mol. The predicted molar refractivity (Wildman–Crippen MR) is 76.5 cm³/mol. The summed E-state index contributed by atoms with van der Waals surface area (Å²) in [4.78, 5) is 13.6. The molecule has 1 aliphatic rings. The number of carbonyl (C=O) groups excluding carboxylic acids is 1. The smallest absolute Gasteiger partial charge is 0.267 e. The number of nitrogens with two attached hydrogens (primary N) is 1. The van der Waals surface area contributed by atoms with Crippen molar-refractivity contribution in [1.29, 1.82) is 0 Å². The van der Waals surface area contributed by atoms with Crippen LogP contribution in [0.25, 0.3) is 0 Å². The SMILES string of the molecule is CC1Oc2ccc(CCC(C)(C)N)cc2N(C)C1=O. The van der Waals surface area contributed by atoms with Crippen LogP contribution in [-0.2, 0) is 11.2 Å². The molecule has 0 spiro atoms. The first-order chi connectivity index (χ1) is 8.78. The number of hydrogen-bond acceptors (Lipinski definition) is 3. The molecule has 19 heavy (non-hydrogen) atoms. The van der Waals surface area contributed by atoms with E-state index in [1.165, 1.54) is 5.56 Å². The first kappa shape index (κ1) is 13.9. The lowest BCUT2D eigenvalue weighted by Gasteiger charge is -2.30. The van der Waals surface area contributed by atoms with Crippen LogP contribution >= 0.6 is 0 Å². The highest BCUT2D eigenvalue weighted by molar-refractivity contribution is 5.99. The van der Waals surface area contributed by atoms with Gasteiger partial charge in [0.05, 0.1) is 5.69 Å². The Bertz CT molecular complexity index is 491. The van der Waals surface area contributed by atoms with Gasteiger partial charge in [-0.1, -0.05) is 6.07 Å². The fourth-order valence-corrected chi connectivity index (χ4v) is 2.18. The number of carbonyl (C=O) groups is 1. The van der Waals surface area contributed by atoms with Crippen molar-refractivity contribution in [2.75, 3.05) is 11.9 Å². The van der Waals surface area contributed by atoms with Crippen LogP contribution in [0.15, 0.2) is 18.2 Å². The lowest BCUT2D eigenvalue weighted by molar-refractivity contribution is -0.125. The van der Waals surface area contributed by atoms with E-state index in [1.54, 1.807) is 18.9 Å². The van der Waals surface area contributed by atoms with Crippen LogP contribution in [0.1, 0.15) is 32.8 Å². The van der Waals surface area contributed by atoms with Crippen molar-refractivity contribution in [3.63, 3.8) is 0 Å². The van der Waals surface area contributed by atoms with Gasteiger partial charge in [0.1, 0.15) is 5.75 Å². The van der Waals surface area contributed by atoms with Crippen LogP contribution in [0, 0.1) is 0 Å². The summed E-state index contributed by atoms with van der Waals surface area (Å²) in [6.07, 6.45) is 1.39. The molecule has 1 heterocycles. The van der Waals surface area contributed by atoms with Gasteiger partial charge in [-0.05, 0) is 51.3 Å². The molecule has 2 rings (SSSR count). The summed E-state index contributed by atoms with van der Waals surface area (Å²) >= 11 is 0. The molecule has 0 aromatic heterocycles. The van der Waals surface area contributed by atoms with Gasteiger partial charge in [-0.3, -0.25) is 4.79 Å². The molecule has 4 nitrogen and oxygen atoms in total. The molecule has 0 saturated carbocycles. The molecule has 0 saturated heterocycles. The summed E-state index contributed by atoms with van der Waals surface area (Å²) in [6.45, 7) is 5.81. The molecule has 104 valence electrons. The minimum atomic E-state index is -0.411. The Hall–Kier alpha value is -1.55. The molecule has 1 amide bonds. The third-order valence-corrected chi connectivity index (χ3v) is 3.42. The Kier molecular flexibility index (Phi) is 3.54. The molecule has 1 aromatic rings. The Morgan fingerprint density at radius 1 is 1.42 bits per heavy atom. The van der Waals surface area contributed by atoms with Crippen molar-refractivity contribution < 1.29 is 9.53 Å². The lowest BCUT2D eigenvalue weighted by atomic mass is 9.96. The van der Waals surface area contributed by atoms with Gasteiger partial charge < -0.3 is 15.4 Å². The number of amides is 1. The van der Waals surface area contributed by atoms with Crippen LogP contribution in [0.5, 0.6) is 5.75 Å². The average molecular weight is 262 g/mol. The van der Waals surface area contributed by atoms with Gasteiger partial charge in [0.15, 0.2) is 6.10 Å². The number of nitrogens with zero attached hydrogens (tertiary/aromatic N) is 1. The fourth-order valence-electron chi connectivity index (χ4n) is 2.18. The molecule has 1 aliphatic heterocycles. The topological polar surface area (TPSA) is 55.6 Å². The summed E-state index contributed by atoms with van der Waals surface area (Å²) in [6, 6.07) is 6.00. The summed E-state index contributed by atoms with van der Waals surface area (Å²) in [5.41, 5.74) is 7.84. The average Bonchev–Trinajstić information content (AvgIpc) is 2.33. The first-order valence-electron chi connectivity index (χ1n) is 6.64. The number of hydrogen-bond donors (Lipinski definition) is 1. The quantitative estimate of drug-likeness (QED) is 0.907. The summed E-state index contributed by atoms with van der Waals surface area (Å²) in [7, 11) is 1.79. The van der Waals surface area contributed by atoms with Gasteiger partial charge in [0.2, 0.25) is 0 Å². The van der Waals surface area contributed by atoms with E-state index in [1.807, 2.05) is 32.0 Å². The maximum atomic E-state index is 11.9. The van der Waals surface area contributed by atoms with E-state index in [4.69, 9.17) is 10.5 Å². The number of rotatable bonds is 3. The van der Waals surface area contributed by atoms with Crippen molar-refractivity contribution in [3.8, 4) is 5.75 Å². The second kappa shape index (κ2) is 4.85. The van der Waals surface area contributed by atoms with Gasteiger partial charge in [0, 0.05) is 12.6 Å². The highest BCUT2D eigenvalue weighted by Gasteiger charge is 2.28. The van der Waals surface area contributed by atoms with Crippen LogP contribution < -0.4 is 15.4 Å². The van der Waals surface area contributed by atoms with E-state index in [0.717, 1.165) is 24.3 Å². The van der Waals surface area contributed by atoms with Gasteiger partial charge >= 0.3 is 0 Å². The predicted octanol–water partition coefficient (Wildman–Crippen LogP) is 2.10. The van der Waals surface area contributed by atoms with Crippen LogP contribution in [0.2, 0.25) is 0 Å². The number of aryl methyl sites for hydroxylation is 1. The van der Waals surface area contributed by atoms with E-state index in [2.05, 4.69) is 0 Å². The van der Waals surface area contributed by atoms with Crippen molar-refractivity contribution in [2.45, 2.75) is 45.3 Å². The fraction of sp³-hybridized carbons (Fsp3) is 0.533. The Balaban J connectivity index is 2.21. The Labute approximate surface area is 114 Å². The van der Waals surface area contributed by atoms with E-state index in [-0.39, 0.29) is 11.4 Å². The zero-order valence-electron chi connectivity index (χ0n) is 12.1. The molecule has 0 aliphatic carbocycles. The van der Waals surface area contributed by atoms with Gasteiger partial charge in [-0.15, -0.1) is 0 Å². The number of likely N-dealkylation sites (N-methyl/N-ethyl adjacent to an activating group) is 1. The molecular formula is C15H22N2O2. The normalized spacial score (nSPS) is 19.1. The van der Waals surface area contributed by atoms with Crippen molar-refractivity contribution >= 4 is 11.6 Å². The maximum Gasteiger partial charge on any atom is 0.267 e. The Morgan fingerprint density at radius 3 is 2.74 bits per heavy atom. The summed E-state index contributed by atoms with van der Waals surface area (Å²) in [5, 5.41) is 0. The van der Waals surface area contributed by atoms with E-state index in [0.29, 0.717) is 0 Å². The van der Waals surface area contributed by atoms with E-state index < -0.39 is 6.10 Å². The number of fused-ring (bicyclic) bond motifs is 1. The van der Waals surface area contributed by atoms with Crippen LogP contribution in [-0.4, -0.2) is 24.6 Å². The summed E-state index contributed by atoms with van der Waals surface area (Å²) < 4.78 is 5.60. The molecule has 0 fully saturated rings.